The molecule has 0 spiro atoms. The highest BCUT2D eigenvalue weighted by atomic mass is 16.5. The fourth-order valence-corrected chi connectivity index (χ4v) is 3.12. The van der Waals surface area contributed by atoms with Crippen molar-refractivity contribution in [2.45, 2.75) is 58.6 Å². The smallest absolute Gasteiger partial charge is 0.123 e. The molecular weight excluding hydrogens is 246 g/mol. The number of hydrogen-bond acceptors (Lipinski definition) is 2. The third-order valence-corrected chi connectivity index (χ3v) is 4.71. The van der Waals surface area contributed by atoms with E-state index in [9.17, 15) is 0 Å². The summed E-state index contributed by atoms with van der Waals surface area (Å²) in [4.78, 5) is 0. The minimum Gasteiger partial charge on any atom is -0.490 e. The van der Waals surface area contributed by atoms with Gasteiger partial charge in [-0.05, 0) is 56.2 Å². The lowest BCUT2D eigenvalue weighted by Gasteiger charge is -2.24. The Balaban J connectivity index is 1.56. The number of fused-ring (bicyclic) bond motifs is 1. The van der Waals surface area contributed by atoms with Crippen LogP contribution in [0.25, 0.3) is 0 Å². The van der Waals surface area contributed by atoms with Crippen LogP contribution in [0, 0.1) is 18.8 Å². The van der Waals surface area contributed by atoms with Crippen LogP contribution < -0.4 is 10.1 Å². The fourth-order valence-electron chi connectivity index (χ4n) is 3.12. The van der Waals surface area contributed by atoms with Crippen molar-refractivity contribution < 1.29 is 4.74 Å². The molecule has 3 rings (SSSR count). The van der Waals surface area contributed by atoms with Crippen LogP contribution in [0.3, 0.4) is 0 Å². The molecule has 1 N–H and O–H groups in total. The van der Waals surface area contributed by atoms with Gasteiger partial charge in [-0.2, -0.15) is 0 Å². The summed E-state index contributed by atoms with van der Waals surface area (Å²) in [6.07, 6.45) is 5.37. The molecule has 1 heterocycles. The van der Waals surface area contributed by atoms with E-state index in [1.54, 1.807) is 0 Å². The lowest BCUT2D eigenvalue weighted by molar-refractivity contribution is 0.172. The maximum Gasteiger partial charge on any atom is 0.123 e. The predicted octanol–water partition coefficient (Wildman–Crippen LogP) is 3.71. The Hall–Kier alpha value is -1.02. The quantitative estimate of drug-likeness (QED) is 0.853. The zero-order valence-electron chi connectivity index (χ0n) is 13.0. The molecule has 1 fully saturated rings. The number of ether oxygens (including phenoxy) is 1. The largest absolute Gasteiger partial charge is 0.490 e. The molecule has 1 aliphatic carbocycles. The normalized spacial score (nSPS) is 22.7. The van der Waals surface area contributed by atoms with E-state index in [4.69, 9.17) is 4.74 Å². The van der Waals surface area contributed by atoms with E-state index in [2.05, 4.69) is 44.3 Å². The molecule has 2 atom stereocenters. The number of nitrogens with one attached hydrogen (secondary N) is 1. The molecule has 20 heavy (non-hydrogen) atoms. The van der Waals surface area contributed by atoms with Gasteiger partial charge in [0.15, 0.2) is 0 Å². The first-order valence-corrected chi connectivity index (χ1v) is 8.11. The third kappa shape index (κ3) is 3.35. The molecule has 1 saturated carbocycles. The number of benzene rings is 1. The van der Waals surface area contributed by atoms with E-state index in [1.165, 1.54) is 30.4 Å². The second-order valence-electron chi connectivity index (χ2n) is 6.98. The molecule has 1 aromatic rings. The van der Waals surface area contributed by atoms with Gasteiger partial charge in [0.2, 0.25) is 0 Å². The Labute approximate surface area is 122 Å². The average molecular weight is 273 g/mol. The van der Waals surface area contributed by atoms with Crippen LogP contribution in [0.1, 0.15) is 44.2 Å². The lowest BCUT2D eigenvalue weighted by Crippen LogP contribution is -2.31. The van der Waals surface area contributed by atoms with Crippen molar-refractivity contribution >= 4 is 0 Å². The van der Waals surface area contributed by atoms with Gasteiger partial charge in [-0.25, -0.2) is 0 Å². The molecule has 110 valence electrons. The summed E-state index contributed by atoms with van der Waals surface area (Å²) in [7, 11) is 0. The highest BCUT2D eigenvalue weighted by Gasteiger charge is 2.28. The van der Waals surface area contributed by atoms with E-state index >= 15 is 0 Å². The average Bonchev–Trinajstić information content (AvgIpc) is 3.13. The molecule has 2 heteroatoms. The van der Waals surface area contributed by atoms with E-state index in [-0.39, 0.29) is 0 Å². The van der Waals surface area contributed by atoms with Crippen LogP contribution >= 0.6 is 0 Å². The summed E-state index contributed by atoms with van der Waals surface area (Å²) in [6.45, 7) is 7.98. The van der Waals surface area contributed by atoms with Crippen LogP contribution in [0.5, 0.6) is 5.75 Å². The van der Waals surface area contributed by atoms with Gasteiger partial charge in [0.05, 0.1) is 0 Å². The number of rotatable bonds is 6. The van der Waals surface area contributed by atoms with Gasteiger partial charge in [-0.3, -0.25) is 0 Å². The zero-order valence-corrected chi connectivity index (χ0v) is 13.0. The first-order chi connectivity index (χ1) is 9.61. The van der Waals surface area contributed by atoms with Crippen LogP contribution in [0.15, 0.2) is 18.2 Å². The molecule has 0 aromatic heterocycles. The summed E-state index contributed by atoms with van der Waals surface area (Å²) < 4.78 is 6.14. The summed E-state index contributed by atoms with van der Waals surface area (Å²) in [5.74, 6) is 2.55. The summed E-state index contributed by atoms with van der Waals surface area (Å²) >= 11 is 0. The summed E-state index contributed by atoms with van der Waals surface area (Å²) in [5.41, 5.74) is 2.73. The minimum absolute atomic E-state index is 0.375. The first-order valence-electron chi connectivity index (χ1n) is 8.11. The molecule has 2 aliphatic rings. The second kappa shape index (κ2) is 5.77. The van der Waals surface area contributed by atoms with Crippen molar-refractivity contribution in [1.29, 1.82) is 0 Å². The Bertz CT molecular complexity index is 464. The van der Waals surface area contributed by atoms with Crippen LogP contribution in [0.2, 0.25) is 0 Å². The summed E-state index contributed by atoms with van der Waals surface area (Å²) in [5, 5.41) is 3.69. The van der Waals surface area contributed by atoms with Crippen molar-refractivity contribution in [2.75, 3.05) is 6.54 Å². The lowest BCUT2D eigenvalue weighted by atomic mass is 9.89. The maximum absolute atomic E-state index is 6.14. The summed E-state index contributed by atoms with van der Waals surface area (Å²) in [6, 6.07) is 7.37. The van der Waals surface area contributed by atoms with E-state index < -0.39 is 0 Å². The molecule has 2 nitrogen and oxygen atoms in total. The second-order valence-corrected chi connectivity index (χ2v) is 6.98. The molecular formula is C18H27NO. The molecule has 0 amide bonds. The van der Waals surface area contributed by atoms with Crippen molar-refractivity contribution in [3.05, 3.63) is 29.3 Å². The van der Waals surface area contributed by atoms with Gasteiger partial charge >= 0.3 is 0 Å². The standard InChI is InChI=1S/C18H27NO/c1-12(2)15(11-19-16-5-6-16)10-17-9-14-8-13(3)4-7-18(14)20-17/h4,7-8,12,15-17,19H,5-6,9-11H2,1-3H3. The molecule has 2 unspecified atom stereocenters. The molecule has 1 aromatic carbocycles. The highest BCUT2D eigenvalue weighted by molar-refractivity contribution is 5.40. The Kier molecular flexibility index (Phi) is 4.02. The van der Waals surface area contributed by atoms with E-state index in [0.717, 1.165) is 36.6 Å². The molecule has 0 bridgehead atoms. The Morgan fingerprint density at radius 2 is 2.10 bits per heavy atom. The monoisotopic (exact) mass is 273 g/mol. The van der Waals surface area contributed by atoms with Crippen molar-refractivity contribution in [2.24, 2.45) is 11.8 Å². The molecule has 1 aliphatic heterocycles. The molecule has 0 radical (unpaired) electrons. The van der Waals surface area contributed by atoms with Gasteiger partial charge in [-0.1, -0.05) is 31.5 Å². The van der Waals surface area contributed by atoms with Crippen LogP contribution in [-0.2, 0) is 6.42 Å². The van der Waals surface area contributed by atoms with Gasteiger partial charge in [0.25, 0.3) is 0 Å². The van der Waals surface area contributed by atoms with Crippen LogP contribution in [-0.4, -0.2) is 18.7 Å². The van der Waals surface area contributed by atoms with Gasteiger partial charge < -0.3 is 10.1 Å². The SMILES string of the molecule is Cc1ccc2c(c1)CC(CC(CNC1CC1)C(C)C)O2. The zero-order chi connectivity index (χ0) is 14.1. The van der Waals surface area contributed by atoms with Crippen molar-refractivity contribution in [3.8, 4) is 5.75 Å². The number of hydrogen-bond donors (Lipinski definition) is 1. The molecule has 0 saturated heterocycles. The van der Waals surface area contributed by atoms with Gasteiger partial charge in [0, 0.05) is 12.5 Å². The Morgan fingerprint density at radius 3 is 2.80 bits per heavy atom. The van der Waals surface area contributed by atoms with Crippen molar-refractivity contribution in [3.63, 3.8) is 0 Å². The first kappa shape index (κ1) is 13.9. The van der Waals surface area contributed by atoms with E-state index in [0.29, 0.717) is 6.10 Å². The van der Waals surface area contributed by atoms with Gasteiger partial charge in [-0.15, -0.1) is 0 Å². The highest BCUT2D eigenvalue weighted by Crippen LogP contribution is 2.33. The maximum atomic E-state index is 6.14. The number of aryl methyl sites for hydroxylation is 1. The third-order valence-electron chi connectivity index (χ3n) is 4.71. The van der Waals surface area contributed by atoms with E-state index in [1.807, 2.05) is 0 Å². The predicted molar refractivity (Wildman–Crippen MR) is 83.3 cm³/mol. The Morgan fingerprint density at radius 1 is 1.30 bits per heavy atom. The minimum atomic E-state index is 0.375. The van der Waals surface area contributed by atoms with Crippen molar-refractivity contribution in [1.82, 2.24) is 5.32 Å². The van der Waals surface area contributed by atoms with Gasteiger partial charge in [0.1, 0.15) is 11.9 Å². The topological polar surface area (TPSA) is 21.3 Å². The fraction of sp³-hybridized carbons (Fsp3) is 0.667. The van der Waals surface area contributed by atoms with Crippen LogP contribution in [0.4, 0.5) is 0 Å².